The molecule has 2 N–H and O–H groups in total. The third kappa shape index (κ3) is 6.44. The zero-order valence-corrected chi connectivity index (χ0v) is 10.9. The van der Waals surface area contributed by atoms with Crippen molar-refractivity contribution in [2.45, 2.75) is 45.1 Å². The fourth-order valence-corrected chi connectivity index (χ4v) is 1.96. The van der Waals surface area contributed by atoms with E-state index in [1.165, 1.54) is 31.2 Å². The van der Waals surface area contributed by atoms with Crippen LogP contribution in [0.2, 0.25) is 0 Å². The van der Waals surface area contributed by atoms with Gasteiger partial charge in [-0.15, -0.1) is 0 Å². The average Bonchev–Trinajstić information content (AvgIpc) is 2.38. The lowest BCUT2D eigenvalue weighted by Gasteiger charge is -2.16. The van der Waals surface area contributed by atoms with E-state index in [4.69, 9.17) is 0 Å². The summed E-state index contributed by atoms with van der Waals surface area (Å²) in [6, 6.07) is 10.5. The summed E-state index contributed by atoms with van der Waals surface area (Å²) in [6.45, 7) is 3.44. The van der Waals surface area contributed by atoms with E-state index in [1.54, 1.807) is 0 Å². The first-order chi connectivity index (χ1) is 8.36. The van der Waals surface area contributed by atoms with Gasteiger partial charge in [-0.25, -0.2) is 0 Å². The predicted molar refractivity (Wildman–Crippen MR) is 73.2 cm³/mol. The molecule has 0 saturated carbocycles. The SMILES string of the molecule is CCCCCCNC(CO)Cc1ccccc1. The molecule has 0 amide bonds. The van der Waals surface area contributed by atoms with Crippen LogP contribution in [0.1, 0.15) is 38.2 Å². The lowest BCUT2D eigenvalue weighted by atomic mass is 10.1. The van der Waals surface area contributed by atoms with Crippen LogP contribution in [0.15, 0.2) is 30.3 Å². The number of benzene rings is 1. The predicted octanol–water partition coefficient (Wildman–Crippen LogP) is 2.76. The molecule has 0 saturated heterocycles. The number of aliphatic hydroxyl groups is 1. The van der Waals surface area contributed by atoms with Crippen LogP contribution in [0, 0.1) is 0 Å². The summed E-state index contributed by atoms with van der Waals surface area (Å²) in [4.78, 5) is 0. The van der Waals surface area contributed by atoms with E-state index in [2.05, 4.69) is 24.4 Å². The standard InChI is InChI=1S/C15H25NO/c1-2-3-4-8-11-16-15(13-17)12-14-9-6-5-7-10-14/h5-7,9-10,15-17H,2-4,8,11-13H2,1H3. The number of nitrogens with one attached hydrogen (secondary N) is 1. The number of aliphatic hydroxyl groups excluding tert-OH is 1. The maximum absolute atomic E-state index is 9.33. The van der Waals surface area contributed by atoms with Gasteiger partial charge in [0.25, 0.3) is 0 Å². The molecule has 0 aliphatic heterocycles. The number of hydrogen-bond acceptors (Lipinski definition) is 2. The van der Waals surface area contributed by atoms with Gasteiger partial charge in [-0.1, -0.05) is 56.5 Å². The van der Waals surface area contributed by atoms with E-state index >= 15 is 0 Å². The van der Waals surface area contributed by atoms with Gasteiger partial charge in [0.2, 0.25) is 0 Å². The average molecular weight is 235 g/mol. The Morgan fingerprint density at radius 3 is 2.53 bits per heavy atom. The molecule has 0 bridgehead atoms. The van der Waals surface area contributed by atoms with Crippen LogP contribution in [0.5, 0.6) is 0 Å². The highest BCUT2D eigenvalue weighted by Crippen LogP contribution is 2.03. The van der Waals surface area contributed by atoms with Gasteiger partial charge in [0.1, 0.15) is 0 Å². The molecule has 0 aliphatic carbocycles. The molecule has 0 spiro atoms. The van der Waals surface area contributed by atoms with Gasteiger partial charge in [-0.05, 0) is 24.9 Å². The lowest BCUT2D eigenvalue weighted by Crippen LogP contribution is -2.35. The number of rotatable bonds is 9. The van der Waals surface area contributed by atoms with E-state index in [0.29, 0.717) is 0 Å². The molecule has 0 heterocycles. The maximum Gasteiger partial charge on any atom is 0.0587 e. The molecule has 0 fully saturated rings. The van der Waals surface area contributed by atoms with E-state index in [-0.39, 0.29) is 12.6 Å². The lowest BCUT2D eigenvalue weighted by molar-refractivity contribution is 0.241. The Kier molecular flexibility index (Phi) is 7.69. The largest absolute Gasteiger partial charge is 0.395 e. The van der Waals surface area contributed by atoms with Crippen LogP contribution in [0.3, 0.4) is 0 Å². The van der Waals surface area contributed by atoms with Gasteiger partial charge in [0.15, 0.2) is 0 Å². The second-order valence-corrected chi connectivity index (χ2v) is 4.58. The summed E-state index contributed by atoms with van der Waals surface area (Å²) >= 11 is 0. The fourth-order valence-electron chi connectivity index (χ4n) is 1.96. The molecule has 96 valence electrons. The summed E-state index contributed by atoms with van der Waals surface area (Å²) in [5.41, 5.74) is 1.28. The Morgan fingerprint density at radius 2 is 1.88 bits per heavy atom. The molecule has 1 aromatic carbocycles. The minimum absolute atomic E-state index is 0.194. The smallest absolute Gasteiger partial charge is 0.0587 e. The Labute approximate surface area is 105 Å². The van der Waals surface area contributed by atoms with Gasteiger partial charge >= 0.3 is 0 Å². The second kappa shape index (κ2) is 9.20. The number of unbranched alkanes of at least 4 members (excludes halogenated alkanes) is 3. The van der Waals surface area contributed by atoms with Crippen molar-refractivity contribution in [2.24, 2.45) is 0 Å². The molecule has 17 heavy (non-hydrogen) atoms. The Bertz CT molecular complexity index is 274. The van der Waals surface area contributed by atoms with Gasteiger partial charge in [-0.2, -0.15) is 0 Å². The Hall–Kier alpha value is -0.860. The van der Waals surface area contributed by atoms with E-state index in [1.807, 2.05) is 18.2 Å². The molecule has 1 atom stereocenters. The van der Waals surface area contributed by atoms with E-state index in [0.717, 1.165) is 13.0 Å². The van der Waals surface area contributed by atoms with Crippen LogP contribution in [-0.2, 0) is 6.42 Å². The highest BCUT2D eigenvalue weighted by atomic mass is 16.3. The third-order valence-electron chi connectivity index (χ3n) is 3.01. The quantitative estimate of drug-likeness (QED) is 0.645. The van der Waals surface area contributed by atoms with Crippen molar-refractivity contribution in [1.82, 2.24) is 5.32 Å². The zero-order chi connectivity index (χ0) is 12.3. The van der Waals surface area contributed by atoms with Crippen molar-refractivity contribution in [3.8, 4) is 0 Å². The second-order valence-electron chi connectivity index (χ2n) is 4.58. The van der Waals surface area contributed by atoms with Crippen LogP contribution in [0.4, 0.5) is 0 Å². The van der Waals surface area contributed by atoms with Crippen molar-refractivity contribution >= 4 is 0 Å². The van der Waals surface area contributed by atoms with Crippen molar-refractivity contribution in [1.29, 1.82) is 0 Å². The first kappa shape index (κ1) is 14.2. The van der Waals surface area contributed by atoms with E-state index < -0.39 is 0 Å². The van der Waals surface area contributed by atoms with E-state index in [9.17, 15) is 5.11 Å². The van der Waals surface area contributed by atoms with Gasteiger partial charge in [0.05, 0.1) is 6.61 Å². The molecular formula is C15H25NO. The normalized spacial score (nSPS) is 12.6. The molecule has 1 rings (SSSR count). The summed E-state index contributed by atoms with van der Waals surface area (Å²) in [5.74, 6) is 0. The van der Waals surface area contributed by atoms with Gasteiger partial charge in [-0.3, -0.25) is 0 Å². The highest BCUT2D eigenvalue weighted by Gasteiger charge is 2.06. The first-order valence-electron chi connectivity index (χ1n) is 6.75. The van der Waals surface area contributed by atoms with Crippen molar-refractivity contribution in [2.75, 3.05) is 13.2 Å². The Balaban J connectivity index is 2.20. The molecule has 0 radical (unpaired) electrons. The zero-order valence-electron chi connectivity index (χ0n) is 10.9. The van der Waals surface area contributed by atoms with Crippen LogP contribution in [0.25, 0.3) is 0 Å². The monoisotopic (exact) mass is 235 g/mol. The number of hydrogen-bond donors (Lipinski definition) is 2. The summed E-state index contributed by atoms with van der Waals surface area (Å²) < 4.78 is 0. The molecular weight excluding hydrogens is 210 g/mol. The van der Waals surface area contributed by atoms with Crippen LogP contribution >= 0.6 is 0 Å². The minimum atomic E-state index is 0.194. The third-order valence-corrected chi connectivity index (χ3v) is 3.01. The summed E-state index contributed by atoms with van der Waals surface area (Å²) in [7, 11) is 0. The van der Waals surface area contributed by atoms with Crippen LogP contribution in [-0.4, -0.2) is 24.3 Å². The molecule has 2 heteroatoms. The van der Waals surface area contributed by atoms with Crippen molar-refractivity contribution in [3.63, 3.8) is 0 Å². The Morgan fingerprint density at radius 1 is 1.12 bits per heavy atom. The highest BCUT2D eigenvalue weighted by molar-refractivity contribution is 5.15. The molecule has 1 aromatic rings. The maximum atomic E-state index is 9.33. The van der Waals surface area contributed by atoms with Crippen molar-refractivity contribution < 1.29 is 5.11 Å². The van der Waals surface area contributed by atoms with Crippen molar-refractivity contribution in [3.05, 3.63) is 35.9 Å². The van der Waals surface area contributed by atoms with Crippen LogP contribution < -0.4 is 5.32 Å². The molecule has 0 aromatic heterocycles. The van der Waals surface area contributed by atoms with Gasteiger partial charge < -0.3 is 10.4 Å². The first-order valence-corrected chi connectivity index (χ1v) is 6.75. The molecule has 1 unspecified atom stereocenters. The summed E-state index contributed by atoms with van der Waals surface area (Å²) in [5, 5.41) is 12.8. The molecule has 0 aliphatic rings. The topological polar surface area (TPSA) is 32.3 Å². The summed E-state index contributed by atoms with van der Waals surface area (Å²) in [6.07, 6.45) is 5.98. The fraction of sp³-hybridized carbons (Fsp3) is 0.600. The minimum Gasteiger partial charge on any atom is -0.395 e. The molecule has 2 nitrogen and oxygen atoms in total. The van der Waals surface area contributed by atoms with Gasteiger partial charge in [0, 0.05) is 6.04 Å².